The van der Waals surface area contributed by atoms with E-state index < -0.39 is 35.0 Å². The van der Waals surface area contributed by atoms with Crippen LogP contribution in [-0.4, -0.2) is 21.0 Å². The fraction of sp³-hybridized carbons (Fsp3) is 0.250. The number of halogens is 3. The lowest BCUT2D eigenvalue weighted by Crippen LogP contribution is -2.08. The third-order valence-corrected chi connectivity index (χ3v) is 2.61. The van der Waals surface area contributed by atoms with E-state index in [-0.39, 0.29) is 9.39 Å². The number of nitrogens with zero attached hydrogens (tertiary/aromatic N) is 2. The Kier molecular flexibility index (Phi) is 4.26. The van der Waals surface area contributed by atoms with Gasteiger partial charge in [0.25, 0.3) is 12.1 Å². The van der Waals surface area contributed by atoms with Crippen molar-refractivity contribution in [3.05, 3.63) is 31.1 Å². The summed E-state index contributed by atoms with van der Waals surface area (Å²) < 4.78 is 24.9. The molecule has 0 aliphatic carbocycles. The molecule has 1 heterocycles. The molecule has 0 spiro atoms. The number of alkyl halides is 2. The average molecular weight is 358 g/mol. The Morgan fingerprint density at radius 2 is 2.24 bits per heavy atom. The van der Waals surface area contributed by atoms with E-state index in [4.69, 9.17) is 5.11 Å². The van der Waals surface area contributed by atoms with Gasteiger partial charge in [-0.05, 0) is 22.6 Å². The third kappa shape index (κ3) is 3.28. The molecule has 6 nitrogen and oxygen atoms in total. The molecule has 0 aromatic carbocycles. The molecule has 0 amide bonds. The minimum Gasteiger partial charge on any atom is -0.481 e. The van der Waals surface area contributed by atoms with Crippen LogP contribution in [0.25, 0.3) is 0 Å². The van der Waals surface area contributed by atoms with E-state index >= 15 is 0 Å². The minimum absolute atomic E-state index is 0.127. The zero-order chi connectivity index (χ0) is 13.2. The molecule has 1 aromatic rings. The lowest BCUT2D eigenvalue weighted by Gasteiger charge is -2.06. The number of pyridine rings is 1. The second-order valence-electron chi connectivity index (χ2n) is 2.97. The maximum Gasteiger partial charge on any atom is 0.309 e. The van der Waals surface area contributed by atoms with Crippen LogP contribution in [0.1, 0.15) is 17.7 Å². The number of carboxylic acid groups (broad SMARTS) is 1. The fourth-order valence-electron chi connectivity index (χ4n) is 1.16. The van der Waals surface area contributed by atoms with E-state index in [9.17, 15) is 23.7 Å². The zero-order valence-corrected chi connectivity index (χ0v) is 10.2. The van der Waals surface area contributed by atoms with Crippen molar-refractivity contribution in [2.45, 2.75) is 12.8 Å². The van der Waals surface area contributed by atoms with E-state index in [2.05, 4.69) is 4.98 Å². The molecule has 0 fully saturated rings. The average Bonchev–Trinajstić information content (AvgIpc) is 2.14. The molecule has 9 heteroatoms. The first kappa shape index (κ1) is 13.7. The summed E-state index contributed by atoms with van der Waals surface area (Å²) in [5, 5.41) is 19.1. The van der Waals surface area contributed by atoms with Crippen molar-refractivity contribution < 1.29 is 23.6 Å². The van der Waals surface area contributed by atoms with Crippen molar-refractivity contribution in [2.75, 3.05) is 0 Å². The van der Waals surface area contributed by atoms with Crippen LogP contribution >= 0.6 is 22.6 Å². The molecule has 0 saturated carbocycles. The van der Waals surface area contributed by atoms with Crippen LogP contribution in [0, 0.1) is 13.8 Å². The molecule has 0 aliphatic rings. The van der Waals surface area contributed by atoms with Crippen LogP contribution in [0.3, 0.4) is 0 Å². The van der Waals surface area contributed by atoms with Gasteiger partial charge in [0.1, 0.15) is 9.26 Å². The first-order chi connectivity index (χ1) is 7.82. The summed E-state index contributed by atoms with van der Waals surface area (Å²) in [5.74, 6) is -1.24. The zero-order valence-electron chi connectivity index (χ0n) is 8.06. The van der Waals surface area contributed by atoms with Gasteiger partial charge in [-0.2, -0.15) is 0 Å². The number of carbonyl (C=O) groups is 1. The smallest absolute Gasteiger partial charge is 0.309 e. The van der Waals surface area contributed by atoms with Gasteiger partial charge in [-0.15, -0.1) is 0 Å². The predicted molar refractivity (Wildman–Crippen MR) is 59.9 cm³/mol. The molecule has 1 rings (SSSR count). The van der Waals surface area contributed by atoms with Crippen LogP contribution in [0.4, 0.5) is 14.5 Å². The second-order valence-corrected chi connectivity index (χ2v) is 3.99. The summed E-state index contributed by atoms with van der Waals surface area (Å²) in [6, 6.07) is 0.762. The molecule has 92 valence electrons. The van der Waals surface area contributed by atoms with Crippen molar-refractivity contribution in [2.24, 2.45) is 0 Å². The van der Waals surface area contributed by atoms with E-state index in [1.54, 1.807) is 0 Å². The Hall–Kier alpha value is -1.39. The van der Waals surface area contributed by atoms with E-state index in [0.29, 0.717) is 0 Å². The molecule has 0 unspecified atom stereocenters. The Bertz CT molecular complexity index is 481. The Morgan fingerprint density at radius 3 is 2.65 bits per heavy atom. The van der Waals surface area contributed by atoms with Crippen molar-refractivity contribution >= 4 is 34.2 Å². The molecule has 17 heavy (non-hydrogen) atoms. The van der Waals surface area contributed by atoms with Crippen LogP contribution in [0.2, 0.25) is 0 Å². The molecular formula is C8H5F2IN2O4. The van der Waals surface area contributed by atoms with Gasteiger partial charge in [0.05, 0.1) is 17.0 Å². The standard InChI is InChI=1S/C8H5F2IN2O4/c9-7(10)6-4(13(16)17)1-3(2-5(14)15)12-8(6)11/h1,7H,2H2,(H,14,15). The first-order valence-corrected chi connectivity index (χ1v) is 5.24. The lowest BCUT2D eigenvalue weighted by molar-refractivity contribution is -0.386. The summed E-state index contributed by atoms with van der Waals surface area (Å²) in [6.07, 6.45) is -3.59. The summed E-state index contributed by atoms with van der Waals surface area (Å²) in [5.41, 5.74) is -1.72. The Morgan fingerprint density at radius 1 is 1.65 bits per heavy atom. The number of carboxylic acids is 1. The molecule has 0 bridgehead atoms. The van der Waals surface area contributed by atoms with Crippen molar-refractivity contribution in [3.63, 3.8) is 0 Å². The van der Waals surface area contributed by atoms with Gasteiger partial charge in [0.2, 0.25) is 0 Å². The highest BCUT2D eigenvalue weighted by Gasteiger charge is 2.27. The van der Waals surface area contributed by atoms with Gasteiger partial charge < -0.3 is 5.11 Å². The molecule has 0 radical (unpaired) electrons. The summed E-state index contributed by atoms with van der Waals surface area (Å²) in [4.78, 5) is 23.7. The molecule has 0 saturated heterocycles. The second kappa shape index (κ2) is 5.29. The SMILES string of the molecule is O=C(O)Cc1cc([N+](=O)[O-])c(C(F)F)c(I)n1. The fourth-order valence-corrected chi connectivity index (χ4v) is 1.98. The van der Waals surface area contributed by atoms with E-state index in [0.717, 1.165) is 6.07 Å². The number of aromatic nitrogens is 1. The monoisotopic (exact) mass is 358 g/mol. The highest BCUT2D eigenvalue weighted by atomic mass is 127. The van der Waals surface area contributed by atoms with Crippen molar-refractivity contribution in [3.8, 4) is 0 Å². The highest BCUT2D eigenvalue weighted by Crippen LogP contribution is 2.32. The van der Waals surface area contributed by atoms with Gasteiger partial charge >= 0.3 is 5.97 Å². The van der Waals surface area contributed by atoms with Gasteiger partial charge in [0.15, 0.2) is 0 Å². The largest absolute Gasteiger partial charge is 0.481 e. The summed E-state index contributed by atoms with van der Waals surface area (Å²) in [6.45, 7) is 0. The van der Waals surface area contributed by atoms with Crippen LogP contribution in [-0.2, 0) is 11.2 Å². The molecule has 0 atom stereocenters. The molecular weight excluding hydrogens is 353 g/mol. The number of aliphatic carboxylic acids is 1. The quantitative estimate of drug-likeness (QED) is 0.385. The number of hydrogen-bond donors (Lipinski definition) is 1. The summed E-state index contributed by atoms with van der Waals surface area (Å²) >= 11 is 1.42. The van der Waals surface area contributed by atoms with E-state index in [1.807, 2.05) is 0 Å². The third-order valence-electron chi connectivity index (χ3n) is 1.79. The van der Waals surface area contributed by atoms with Crippen LogP contribution in [0.5, 0.6) is 0 Å². The van der Waals surface area contributed by atoms with Gasteiger partial charge in [-0.1, -0.05) is 0 Å². The topological polar surface area (TPSA) is 93.3 Å². The molecule has 1 aromatic heterocycles. The van der Waals surface area contributed by atoms with E-state index in [1.165, 1.54) is 22.6 Å². The van der Waals surface area contributed by atoms with Crippen LogP contribution in [0.15, 0.2) is 6.07 Å². The lowest BCUT2D eigenvalue weighted by atomic mass is 10.2. The number of hydrogen-bond acceptors (Lipinski definition) is 4. The van der Waals surface area contributed by atoms with Crippen molar-refractivity contribution in [1.29, 1.82) is 0 Å². The predicted octanol–water partition coefficient (Wildman–Crippen LogP) is 2.16. The van der Waals surface area contributed by atoms with Gasteiger partial charge in [-0.3, -0.25) is 14.9 Å². The molecule has 1 N–H and O–H groups in total. The number of rotatable bonds is 4. The minimum atomic E-state index is -3.03. The Labute approximate surface area is 107 Å². The molecule has 0 aliphatic heterocycles. The van der Waals surface area contributed by atoms with Gasteiger partial charge in [0, 0.05) is 6.07 Å². The van der Waals surface area contributed by atoms with Crippen LogP contribution < -0.4 is 0 Å². The highest BCUT2D eigenvalue weighted by molar-refractivity contribution is 14.1. The first-order valence-electron chi connectivity index (χ1n) is 4.16. The maximum absolute atomic E-state index is 12.6. The normalized spacial score (nSPS) is 10.6. The van der Waals surface area contributed by atoms with Crippen molar-refractivity contribution in [1.82, 2.24) is 4.98 Å². The summed E-state index contributed by atoms with van der Waals surface area (Å²) in [7, 11) is 0. The number of nitro groups is 1. The maximum atomic E-state index is 12.6. The van der Waals surface area contributed by atoms with Gasteiger partial charge in [-0.25, -0.2) is 13.8 Å². The Balaban J connectivity index is 3.35.